The maximum atomic E-state index is 6.46. The van der Waals surface area contributed by atoms with Crippen molar-refractivity contribution in [2.45, 2.75) is 51.6 Å². The molecule has 1 saturated heterocycles. The van der Waals surface area contributed by atoms with Crippen molar-refractivity contribution in [3.8, 4) is 5.82 Å². The van der Waals surface area contributed by atoms with Gasteiger partial charge in [-0.25, -0.2) is 9.97 Å². The molecule has 0 aliphatic carbocycles. The summed E-state index contributed by atoms with van der Waals surface area (Å²) in [6, 6.07) is 10.4. The Morgan fingerprint density at radius 1 is 1.17 bits per heavy atom. The second-order valence-electron chi connectivity index (χ2n) is 8.94. The van der Waals surface area contributed by atoms with Crippen LogP contribution in [0, 0.1) is 6.92 Å². The monoisotopic (exact) mass is 421 g/mol. The molecule has 0 amide bonds. The van der Waals surface area contributed by atoms with Crippen LogP contribution in [0.1, 0.15) is 55.3 Å². The van der Waals surface area contributed by atoms with Crippen LogP contribution >= 0.6 is 11.6 Å². The number of pyridine rings is 1. The van der Waals surface area contributed by atoms with E-state index < -0.39 is 0 Å². The van der Waals surface area contributed by atoms with Gasteiger partial charge in [0.2, 0.25) is 0 Å². The van der Waals surface area contributed by atoms with E-state index >= 15 is 0 Å². The van der Waals surface area contributed by atoms with Gasteiger partial charge in [-0.3, -0.25) is 9.47 Å². The van der Waals surface area contributed by atoms with E-state index in [1.165, 1.54) is 16.8 Å². The molecular weight excluding hydrogens is 394 g/mol. The highest BCUT2D eigenvalue weighted by molar-refractivity contribution is 6.31. The first-order chi connectivity index (χ1) is 14.5. The van der Waals surface area contributed by atoms with Crippen molar-refractivity contribution in [2.24, 2.45) is 0 Å². The van der Waals surface area contributed by atoms with Crippen LogP contribution in [0.5, 0.6) is 0 Å². The van der Waals surface area contributed by atoms with Crippen molar-refractivity contribution in [3.05, 3.63) is 70.4 Å². The lowest BCUT2D eigenvalue weighted by molar-refractivity contribution is 0.161. The Morgan fingerprint density at radius 2 is 1.97 bits per heavy atom. The third kappa shape index (κ3) is 3.21. The van der Waals surface area contributed by atoms with Gasteiger partial charge in [-0.1, -0.05) is 43.1 Å². The first kappa shape index (κ1) is 19.6. The van der Waals surface area contributed by atoms with Crippen molar-refractivity contribution in [1.29, 1.82) is 0 Å². The third-order valence-electron chi connectivity index (χ3n) is 6.47. The molecule has 1 fully saturated rings. The van der Waals surface area contributed by atoms with Gasteiger partial charge in [0.25, 0.3) is 0 Å². The number of anilines is 1. The Kier molecular flexibility index (Phi) is 4.83. The molecule has 0 bridgehead atoms. The number of piperidine rings is 1. The first-order valence-corrected chi connectivity index (χ1v) is 11.1. The molecule has 2 aliphatic heterocycles. The second kappa shape index (κ2) is 7.40. The van der Waals surface area contributed by atoms with Crippen LogP contribution in [0.25, 0.3) is 5.82 Å². The molecule has 0 saturated carbocycles. The predicted molar refractivity (Wildman–Crippen MR) is 121 cm³/mol. The molecule has 0 unspecified atom stereocenters. The highest BCUT2D eigenvalue weighted by Crippen LogP contribution is 2.44. The van der Waals surface area contributed by atoms with Crippen LogP contribution < -0.4 is 5.32 Å². The zero-order valence-electron chi connectivity index (χ0n) is 17.8. The molecule has 5 rings (SSSR count). The molecule has 5 nitrogen and oxygen atoms in total. The van der Waals surface area contributed by atoms with Crippen molar-refractivity contribution in [1.82, 2.24) is 19.4 Å². The number of nitrogens with one attached hydrogen (secondary N) is 1. The minimum atomic E-state index is -0.108. The topological polar surface area (TPSA) is 46.0 Å². The van der Waals surface area contributed by atoms with Gasteiger partial charge in [0.05, 0.1) is 23.1 Å². The molecule has 3 aromatic rings. The molecule has 2 aromatic heterocycles. The minimum Gasteiger partial charge on any atom is -0.371 e. The highest BCUT2D eigenvalue weighted by atomic mass is 35.5. The number of rotatable bonds is 3. The maximum absolute atomic E-state index is 6.46. The number of nitrogens with zero attached hydrogens (tertiary/aromatic N) is 4. The molecular formula is C24H28ClN5. The molecule has 2 aliphatic rings. The number of fused-ring (bicyclic) bond motifs is 4. The predicted octanol–water partition coefficient (Wildman–Crippen LogP) is 5.27. The summed E-state index contributed by atoms with van der Waals surface area (Å²) in [6.07, 6.45) is 5.97. The van der Waals surface area contributed by atoms with E-state index in [0.29, 0.717) is 5.92 Å². The third-order valence-corrected chi connectivity index (χ3v) is 6.84. The van der Waals surface area contributed by atoms with Crippen LogP contribution in [-0.4, -0.2) is 32.5 Å². The van der Waals surface area contributed by atoms with Crippen LogP contribution in [0.15, 0.2) is 42.7 Å². The van der Waals surface area contributed by atoms with E-state index in [4.69, 9.17) is 16.6 Å². The lowest BCUT2D eigenvalue weighted by Gasteiger charge is -2.46. The van der Waals surface area contributed by atoms with Gasteiger partial charge in [-0.15, -0.1) is 0 Å². The lowest BCUT2D eigenvalue weighted by atomic mass is 9.82. The second-order valence-corrected chi connectivity index (χ2v) is 9.35. The standard InChI is InChI=1S/C24H28ClN5/c1-16(2)22-27-14-21-24(28-20-5-4-10-26-23(20)30(21)22)8-11-29(12-9-24)15-18-13-17(3)6-7-19(18)25/h4-7,10,13-14,16,28H,8-9,11-12,15H2,1-3H3. The Balaban J connectivity index is 1.44. The van der Waals surface area contributed by atoms with Gasteiger partial charge in [-0.2, -0.15) is 0 Å². The van der Waals surface area contributed by atoms with Gasteiger partial charge in [0.15, 0.2) is 5.82 Å². The van der Waals surface area contributed by atoms with Gasteiger partial charge in [-0.05, 0) is 43.5 Å². The number of likely N-dealkylation sites (tertiary alicyclic amines) is 1. The molecule has 4 heterocycles. The van der Waals surface area contributed by atoms with E-state index in [0.717, 1.165) is 54.8 Å². The van der Waals surface area contributed by atoms with Gasteiger partial charge >= 0.3 is 0 Å². The van der Waals surface area contributed by atoms with Gasteiger partial charge in [0, 0.05) is 36.8 Å². The van der Waals surface area contributed by atoms with E-state index in [-0.39, 0.29) is 5.54 Å². The van der Waals surface area contributed by atoms with Crippen LogP contribution in [0.3, 0.4) is 0 Å². The van der Waals surface area contributed by atoms with Crippen molar-refractivity contribution in [3.63, 3.8) is 0 Å². The zero-order chi connectivity index (χ0) is 20.9. The Morgan fingerprint density at radius 3 is 2.73 bits per heavy atom. The molecule has 1 N–H and O–H groups in total. The summed E-state index contributed by atoms with van der Waals surface area (Å²) < 4.78 is 2.30. The molecule has 6 heteroatoms. The van der Waals surface area contributed by atoms with Crippen molar-refractivity contribution < 1.29 is 0 Å². The molecule has 0 radical (unpaired) electrons. The minimum absolute atomic E-state index is 0.108. The summed E-state index contributed by atoms with van der Waals surface area (Å²) in [6.45, 7) is 9.42. The quantitative estimate of drug-likeness (QED) is 0.625. The number of imidazole rings is 1. The average Bonchev–Trinajstić information content (AvgIpc) is 3.19. The van der Waals surface area contributed by atoms with Gasteiger partial charge in [0.1, 0.15) is 5.82 Å². The molecule has 1 aromatic carbocycles. The van der Waals surface area contributed by atoms with E-state index in [9.17, 15) is 0 Å². The summed E-state index contributed by atoms with van der Waals surface area (Å²) in [5.74, 6) is 2.39. The number of hydrogen-bond acceptors (Lipinski definition) is 4. The fourth-order valence-electron chi connectivity index (χ4n) is 4.87. The van der Waals surface area contributed by atoms with E-state index in [2.05, 4.69) is 64.9 Å². The van der Waals surface area contributed by atoms with Crippen LogP contribution in [0.4, 0.5) is 5.69 Å². The fourth-order valence-corrected chi connectivity index (χ4v) is 5.05. The Hall–Kier alpha value is -2.37. The average molecular weight is 422 g/mol. The summed E-state index contributed by atoms with van der Waals surface area (Å²) in [5.41, 5.74) is 4.70. The largest absolute Gasteiger partial charge is 0.371 e. The van der Waals surface area contributed by atoms with Crippen molar-refractivity contribution in [2.75, 3.05) is 18.4 Å². The van der Waals surface area contributed by atoms with E-state index in [1.54, 1.807) is 0 Å². The maximum Gasteiger partial charge on any atom is 0.161 e. The lowest BCUT2D eigenvalue weighted by Crippen LogP contribution is -2.49. The zero-order valence-corrected chi connectivity index (χ0v) is 18.6. The summed E-state index contributed by atoms with van der Waals surface area (Å²) >= 11 is 6.46. The Labute approximate surface area is 183 Å². The number of benzene rings is 1. The number of halogens is 1. The summed E-state index contributed by atoms with van der Waals surface area (Å²) in [4.78, 5) is 12.0. The van der Waals surface area contributed by atoms with Crippen LogP contribution in [-0.2, 0) is 12.1 Å². The number of aryl methyl sites for hydroxylation is 1. The number of aromatic nitrogens is 3. The Bertz CT molecular complexity index is 1080. The summed E-state index contributed by atoms with van der Waals surface area (Å²) in [5, 5.41) is 4.71. The van der Waals surface area contributed by atoms with Crippen LogP contribution in [0.2, 0.25) is 5.02 Å². The SMILES string of the molecule is Cc1ccc(Cl)c(CN2CCC3(CC2)Nc2cccnc2-n2c3cnc2C(C)C)c1. The number of hydrogen-bond donors (Lipinski definition) is 1. The fraction of sp³-hybridized carbons (Fsp3) is 0.417. The summed E-state index contributed by atoms with van der Waals surface area (Å²) in [7, 11) is 0. The van der Waals surface area contributed by atoms with E-state index in [1.807, 2.05) is 18.3 Å². The smallest absolute Gasteiger partial charge is 0.161 e. The molecule has 156 valence electrons. The van der Waals surface area contributed by atoms with Crippen molar-refractivity contribution >= 4 is 17.3 Å². The highest BCUT2D eigenvalue weighted by Gasteiger charge is 2.43. The normalized spacial score (nSPS) is 17.6. The first-order valence-electron chi connectivity index (χ1n) is 10.8. The van der Waals surface area contributed by atoms with Gasteiger partial charge < -0.3 is 5.32 Å². The molecule has 0 atom stereocenters. The molecule has 30 heavy (non-hydrogen) atoms. The molecule has 1 spiro atoms.